The maximum absolute atomic E-state index is 9.32. The number of aryl methyl sites for hydroxylation is 2. The van der Waals surface area contributed by atoms with E-state index in [9.17, 15) is 5.26 Å². The lowest BCUT2D eigenvalue weighted by Crippen LogP contribution is -2.20. The van der Waals surface area contributed by atoms with E-state index in [-0.39, 0.29) is 5.41 Å². The molecule has 1 aromatic carbocycles. The highest BCUT2D eigenvalue weighted by molar-refractivity contribution is 5.44. The SMILES string of the molecule is CCC(C#N)(CC)CCOc1c(C)ccc(C)c1C. The number of benzene rings is 1. The van der Waals surface area contributed by atoms with Crippen LogP contribution in [0, 0.1) is 37.5 Å². The number of hydrogen-bond acceptors (Lipinski definition) is 2. The van der Waals surface area contributed by atoms with Crippen LogP contribution in [0.1, 0.15) is 49.8 Å². The normalized spacial score (nSPS) is 11.2. The van der Waals surface area contributed by atoms with Crippen molar-refractivity contribution >= 4 is 0 Å². The Kier molecular flexibility index (Phi) is 5.42. The molecule has 0 fully saturated rings. The largest absolute Gasteiger partial charge is 0.493 e. The van der Waals surface area contributed by atoms with Gasteiger partial charge in [-0.15, -0.1) is 0 Å². The summed E-state index contributed by atoms with van der Waals surface area (Å²) in [5.41, 5.74) is 3.39. The number of nitriles is 1. The van der Waals surface area contributed by atoms with E-state index in [1.54, 1.807) is 0 Å². The molecule has 0 aliphatic heterocycles. The maximum atomic E-state index is 9.32. The summed E-state index contributed by atoms with van der Waals surface area (Å²) < 4.78 is 5.96. The van der Waals surface area contributed by atoms with Crippen molar-refractivity contribution in [2.24, 2.45) is 5.41 Å². The van der Waals surface area contributed by atoms with Crippen molar-refractivity contribution in [3.05, 3.63) is 28.8 Å². The summed E-state index contributed by atoms with van der Waals surface area (Å²) in [6.45, 7) is 11.0. The van der Waals surface area contributed by atoms with E-state index in [0.717, 1.165) is 25.0 Å². The Bertz CT molecular complexity index is 467. The fraction of sp³-hybridized carbons (Fsp3) is 0.588. The first kappa shape index (κ1) is 15.6. The molecule has 0 radical (unpaired) electrons. The predicted octanol–water partition coefficient (Wildman–Crippen LogP) is 4.71. The summed E-state index contributed by atoms with van der Waals surface area (Å²) in [6.07, 6.45) is 2.56. The molecule has 0 heterocycles. The van der Waals surface area contributed by atoms with Crippen LogP contribution < -0.4 is 4.74 Å². The zero-order chi connectivity index (χ0) is 14.5. The first-order valence-corrected chi connectivity index (χ1v) is 7.10. The van der Waals surface area contributed by atoms with Crippen LogP contribution in [-0.2, 0) is 0 Å². The molecule has 0 N–H and O–H groups in total. The highest BCUT2D eigenvalue weighted by Crippen LogP contribution is 2.31. The van der Waals surface area contributed by atoms with Crippen LogP contribution in [0.2, 0.25) is 0 Å². The fourth-order valence-corrected chi connectivity index (χ4v) is 2.31. The van der Waals surface area contributed by atoms with Crippen molar-refractivity contribution < 1.29 is 4.74 Å². The van der Waals surface area contributed by atoms with E-state index in [1.807, 2.05) is 0 Å². The van der Waals surface area contributed by atoms with E-state index in [2.05, 4.69) is 52.8 Å². The molecule has 0 amide bonds. The third-order valence-corrected chi connectivity index (χ3v) is 4.29. The Morgan fingerprint density at radius 1 is 1.11 bits per heavy atom. The van der Waals surface area contributed by atoms with Crippen LogP contribution >= 0.6 is 0 Å². The van der Waals surface area contributed by atoms with Gasteiger partial charge < -0.3 is 4.74 Å². The van der Waals surface area contributed by atoms with Gasteiger partial charge in [-0.05, 0) is 50.3 Å². The molecule has 0 atom stereocenters. The molecule has 0 bridgehead atoms. The number of ether oxygens (including phenoxy) is 1. The van der Waals surface area contributed by atoms with E-state index >= 15 is 0 Å². The molecule has 19 heavy (non-hydrogen) atoms. The van der Waals surface area contributed by atoms with Gasteiger partial charge in [0.1, 0.15) is 5.75 Å². The van der Waals surface area contributed by atoms with E-state index in [4.69, 9.17) is 4.74 Å². The van der Waals surface area contributed by atoms with E-state index < -0.39 is 0 Å². The summed E-state index contributed by atoms with van der Waals surface area (Å²) in [6, 6.07) is 6.67. The number of rotatable bonds is 6. The molecule has 0 spiro atoms. The molecule has 104 valence electrons. The van der Waals surface area contributed by atoms with Gasteiger partial charge in [-0.25, -0.2) is 0 Å². The van der Waals surface area contributed by atoms with Crippen molar-refractivity contribution in [1.82, 2.24) is 0 Å². The van der Waals surface area contributed by atoms with Crippen LogP contribution in [0.15, 0.2) is 12.1 Å². The monoisotopic (exact) mass is 259 g/mol. The zero-order valence-electron chi connectivity index (χ0n) is 12.8. The highest BCUT2D eigenvalue weighted by atomic mass is 16.5. The first-order valence-electron chi connectivity index (χ1n) is 7.10. The average molecular weight is 259 g/mol. The molecule has 2 nitrogen and oxygen atoms in total. The van der Waals surface area contributed by atoms with Crippen LogP contribution in [0.4, 0.5) is 0 Å². The molecule has 0 unspecified atom stereocenters. The number of nitrogens with zero attached hydrogens (tertiary/aromatic N) is 1. The number of hydrogen-bond donors (Lipinski definition) is 0. The lowest BCUT2D eigenvalue weighted by Gasteiger charge is -2.24. The quantitative estimate of drug-likeness (QED) is 0.741. The van der Waals surface area contributed by atoms with Gasteiger partial charge in [0.25, 0.3) is 0 Å². The van der Waals surface area contributed by atoms with Crippen molar-refractivity contribution in [3.8, 4) is 11.8 Å². The van der Waals surface area contributed by atoms with Gasteiger partial charge in [-0.2, -0.15) is 5.26 Å². The molecule has 0 saturated carbocycles. The summed E-state index contributed by atoms with van der Waals surface area (Å²) in [5.74, 6) is 0.985. The topological polar surface area (TPSA) is 33.0 Å². The summed E-state index contributed by atoms with van der Waals surface area (Å²) in [5, 5.41) is 9.32. The maximum Gasteiger partial charge on any atom is 0.125 e. The van der Waals surface area contributed by atoms with Gasteiger partial charge in [0, 0.05) is 6.42 Å². The Morgan fingerprint density at radius 3 is 2.21 bits per heavy atom. The van der Waals surface area contributed by atoms with Crippen LogP contribution in [0.5, 0.6) is 5.75 Å². The molecule has 0 saturated heterocycles. The van der Waals surface area contributed by atoms with E-state index in [1.165, 1.54) is 16.7 Å². The average Bonchev–Trinajstić information content (AvgIpc) is 2.43. The molecular formula is C17H25NO. The lowest BCUT2D eigenvalue weighted by molar-refractivity contribution is 0.229. The summed E-state index contributed by atoms with van der Waals surface area (Å²) >= 11 is 0. The summed E-state index contributed by atoms with van der Waals surface area (Å²) in [4.78, 5) is 0. The minimum Gasteiger partial charge on any atom is -0.493 e. The second-order valence-corrected chi connectivity index (χ2v) is 5.35. The predicted molar refractivity (Wildman–Crippen MR) is 79.4 cm³/mol. The van der Waals surface area contributed by atoms with Crippen molar-refractivity contribution in [3.63, 3.8) is 0 Å². The van der Waals surface area contributed by atoms with Gasteiger partial charge in [-0.1, -0.05) is 26.0 Å². The zero-order valence-corrected chi connectivity index (χ0v) is 12.8. The third kappa shape index (κ3) is 3.50. The second-order valence-electron chi connectivity index (χ2n) is 5.35. The van der Waals surface area contributed by atoms with Gasteiger partial charge >= 0.3 is 0 Å². The first-order chi connectivity index (χ1) is 8.99. The molecule has 0 aliphatic rings. The Balaban J connectivity index is 2.74. The summed E-state index contributed by atoms with van der Waals surface area (Å²) in [7, 11) is 0. The van der Waals surface area contributed by atoms with Crippen molar-refractivity contribution in [2.75, 3.05) is 6.61 Å². The molecule has 1 aromatic rings. The van der Waals surface area contributed by atoms with Crippen LogP contribution in [0.3, 0.4) is 0 Å². The minimum absolute atomic E-state index is 0.231. The van der Waals surface area contributed by atoms with Gasteiger partial charge in [0.05, 0.1) is 18.1 Å². The smallest absolute Gasteiger partial charge is 0.125 e. The second kappa shape index (κ2) is 6.61. The van der Waals surface area contributed by atoms with Gasteiger partial charge in [0.15, 0.2) is 0 Å². The third-order valence-electron chi connectivity index (χ3n) is 4.29. The van der Waals surface area contributed by atoms with Gasteiger partial charge in [-0.3, -0.25) is 0 Å². The van der Waals surface area contributed by atoms with Crippen LogP contribution in [-0.4, -0.2) is 6.61 Å². The Hall–Kier alpha value is -1.49. The molecule has 0 aromatic heterocycles. The lowest BCUT2D eigenvalue weighted by atomic mass is 9.81. The van der Waals surface area contributed by atoms with E-state index in [0.29, 0.717) is 6.61 Å². The Labute approximate surface area is 117 Å². The van der Waals surface area contributed by atoms with Gasteiger partial charge in [0.2, 0.25) is 0 Å². The van der Waals surface area contributed by atoms with Crippen molar-refractivity contribution in [1.29, 1.82) is 5.26 Å². The van der Waals surface area contributed by atoms with Crippen LogP contribution in [0.25, 0.3) is 0 Å². The fourth-order valence-electron chi connectivity index (χ4n) is 2.31. The molecular weight excluding hydrogens is 234 g/mol. The molecule has 1 rings (SSSR count). The minimum atomic E-state index is -0.231. The van der Waals surface area contributed by atoms with Crippen molar-refractivity contribution in [2.45, 2.75) is 53.9 Å². The molecule has 2 heteroatoms. The molecule has 0 aliphatic carbocycles. The highest BCUT2D eigenvalue weighted by Gasteiger charge is 2.25. The Morgan fingerprint density at radius 2 is 1.68 bits per heavy atom. The standard InChI is InChI=1S/C17H25NO/c1-6-17(7-2,12-18)10-11-19-16-14(4)9-8-13(3)15(16)5/h8-9H,6-7,10-11H2,1-5H3.